The molecule has 0 spiro atoms. The number of anilines is 4. The van der Waals surface area contributed by atoms with Crippen molar-refractivity contribution in [2.45, 2.75) is 27.7 Å². The van der Waals surface area contributed by atoms with Crippen molar-refractivity contribution in [3.8, 4) is 55.8 Å². The molecule has 0 amide bonds. The Morgan fingerprint density at radius 2 is 0.947 bits per heavy atom. The first-order valence-electron chi connectivity index (χ1n) is 18.8. The monoisotopic (exact) mass is 1090 g/mol. The fraction of sp³-hybridized carbons (Fsp3) is 0.0769. The molecule has 2 heterocycles. The van der Waals surface area contributed by atoms with Crippen LogP contribution in [0.5, 0.6) is 0 Å². The molecule has 0 aliphatic carbocycles. The van der Waals surface area contributed by atoms with Crippen LogP contribution in [0.1, 0.15) is 22.3 Å². The van der Waals surface area contributed by atoms with Gasteiger partial charge in [-0.2, -0.15) is 18.2 Å². The van der Waals surface area contributed by atoms with Crippen LogP contribution >= 0.6 is 0 Å². The first-order valence-corrected chi connectivity index (χ1v) is 18.8. The number of fused-ring (bicyclic) bond motifs is 1. The van der Waals surface area contributed by atoms with E-state index in [2.05, 4.69) is 201 Å². The Kier molecular flexibility index (Phi) is 11.9. The normalized spacial score (nSPS) is 11.8. The van der Waals surface area contributed by atoms with Crippen LogP contribution in [0.25, 0.3) is 55.8 Å². The van der Waals surface area contributed by atoms with Gasteiger partial charge in [0, 0.05) is 63.5 Å². The summed E-state index contributed by atoms with van der Waals surface area (Å²) in [6.45, 7) is 11.3. The van der Waals surface area contributed by atoms with Crippen LogP contribution in [0.4, 0.5) is 22.7 Å². The summed E-state index contributed by atoms with van der Waals surface area (Å²) in [6.07, 6.45) is 1.83. The number of hydrogen-bond donors (Lipinski definition) is 0. The third-order valence-electron chi connectivity index (χ3n) is 11.1. The molecule has 3 nitrogen and oxygen atoms in total. The standard InChI is InChI=1S/C52H40N3.2Ir/c1-35-37(3)52(38(4)36(2)51(35)46-20-10-8-18-44(46)39-25-27-41(28-26-39)48-22-14-15-33-53-48)47-21-11-9-19-45(47)40-29-31-43(32-30-40)55-34-54(42-16-6-5-7-17-42)49-23-12-13-24-50(49)55;;/h5-27,29-31,33-34H,1-4H3;;/q-3;;. The Labute approximate surface area is 363 Å². The number of nitrogens with zero attached hydrogens (tertiary/aromatic N) is 3. The molecule has 1 aliphatic heterocycles. The largest absolute Gasteiger partial charge is 0.493 e. The average Bonchev–Trinajstić information content (AvgIpc) is 3.64. The number of hydrogen-bond acceptors (Lipinski definition) is 3. The zero-order valence-corrected chi connectivity index (χ0v) is 37.0. The van der Waals surface area contributed by atoms with E-state index in [1.54, 1.807) is 0 Å². The molecule has 0 bridgehead atoms. The van der Waals surface area contributed by atoms with Gasteiger partial charge in [0.15, 0.2) is 0 Å². The van der Waals surface area contributed by atoms with Gasteiger partial charge in [0.25, 0.3) is 0 Å². The van der Waals surface area contributed by atoms with Crippen molar-refractivity contribution in [1.82, 2.24) is 4.98 Å². The smallest absolute Gasteiger partial charge is 0.0344 e. The van der Waals surface area contributed by atoms with E-state index in [1.165, 1.54) is 55.6 Å². The maximum Gasteiger partial charge on any atom is 0.0344 e. The summed E-state index contributed by atoms with van der Waals surface area (Å²) in [5, 5.41) is 0. The Balaban J connectivity index is 0.00000248. The van der Waals surface area contributed by atoms with Gasteiger partial charge < -0.3 is 14.8 Å². The fourth-order valence-corrected chi connectivity index (χ4v) is 8.13. The van der Waals surface area contributed by atoms with E-state index in [0.717, 1.165) is 45.1 Å². The molecular formula is C52H40Ir2N3-3. The molecule has 2 radical (unpaired) electrons. The zero-order chi connectivity index (χ0) is 37.5. The second-order valence-electron chi connectivity index (χ2n) is 14.2. The minimum Gasteiger partial charge on any atom is -0.493 e. The Hall–Kier alpha value is -5.41. The molecule has 57 heavy (non-hydrogen) atoms. The molecule has 9 rings (SSSR count). The van der Waals surface area contributed by atoms with Crippen molar-refractivity contribution in [2.75, 3.05) is 9.80 Å². The molecule has 7 aromatic carbocycles. The van der Waals surface area contributed by atoms with Crippen LogP contribution in [-0.2, 0) is 40.2 Å². The van der Waals surface area contributed by atoms with Crippen LogP contribution in [-0.4, -0.2) is 4.98 Å². The second kappa shape index (κ2) is 17.0. The number of pyridine rings is 1. The van der Waals surface area contributed by atoms with E-state index < -0.39 is 0 Å². The number of benzene rings is 7. The molecule has 0 atom stereocenters. The zero-order valence-electron chi connectivity index (χ0n) is 32.2. The van der Waals surface area contributed by atoms with E-state index in [-0.39, 0.29) is 40.2 Å². The fourth-order valence-electron chi connectivity index (χ4n) is 8.13. The van der Waals surface area contributed by atoms with Crippen LogP contribution in [0.2, 0.25) is 0 Å². The average molecular weight is 1090 g/mol. The van der Waals surface area contributed by atoms with Gasteiger partial charge in [-0.05, 0) is 108 Å². The summed E-state index contributed by atoms with van der Waals surface area (Å²) in [6, 6.07) is 62.7. The molecule has 0 saturated carbocycles. The summed E-state index contributed by atoms with van der Waals surface area (Å²) >= 11 is 0. The van der Waals surface area contributed by atoms with Crippen LogP contribution in [0.3, 0.4) is 0 Å². The predicted molar refractivity (Wildman–Crippen MR) is 229 cm³/mol. The summed E-state index contributed by atoms with van der Waals surface area (Å²) in [5.41, 5.74) is 21.2. The molecule has 1 aromatic heterocycles. The summed E-state index contributed by atoms with van der Waals surface area (Å²) < 4.78 is 0. The van der Waals surface area contributed by atoms with E-state index in [1.807, 2.05) is 24.4 Å². The van der Waals surface area contributed by atoms with Crippen molar-refractivity contribution >= 4 is 22.7 Å². The number of para-hydroxylation sites is 3. The third-order valence-corrected chi connectivity index (χ3v) is 11.1. The molecule has 5 heteroatoms. The Bertz CT molecular complexity index is 2630. The third kappa shape index (κ3) is 7.34. The molecule has 0 unspecified atom stereocenters. The maximum atomic E-state index is 4.52. The first-order chi connectivity index (χ1) is 27.0. The Morgan fingerprint density at radius 1 is 0.456 bits per heavy atom. The number of rotatable bonds is 7. The van der Waals surface area contributed by atoms with Gasteiger partial charge >= 0.3 is 0 Å². The molecular weight excluding hydrogens is 1050 g/mol. The Morgan fingerprint density at radius 3 is 1.46 bits per heavy atom. The van der Waals surface area contributed by atoms with Crippen molar-refractivity contribution in [2.24, 2.45) is 0 Å². The summed E-state index contributed by atoms with van der Waals surface area (Å²) in [5.74, 6) is 0. The van der Waals surface area contributed by atoms with Gasteiger partial charge in [-0.25, -0.2) is 0 Å². The quantitative estimate of drug-likeness (QED) is 0.148. The SMILES string of the molecule is Cc1c(C)c(-c2ccccc2-c2c[c-]c(N3[CH-]N(c4ccccc4)c4ccccc43)cc2)c(C)c(C)c1-c1ccccc1-c1c[c-]c(-c2ccccn2)cc1.[Ir].[Ir]. The van der Waals surface area contributed by atoms with E-state index in [9.17, 15) is 0 Å². The van der Waals surface area contributed by atoms with Gasteiger partial charge in [0.05, 0.1) is 0 Å². The van der Waals surface area contributed by atoms with Gasteiger partial charge in [-0.3, -0.25) is 0 Å². The molecule has 0 fully saturated rings. The minimum atomic E-state index is 0. The van der Waals surface area contributed by atoms with Crippen molar-refractivity contribution in [1.29, 1.82) is 0 Å². The first kappa shape index (κ1) is 39.8. The van der Waals surface area contributed by atoms with Gasteiger partial charge in [0.1, 0.15) is 0 Å². The summed E-state index contributed by atoms with van der Waals surface area (Å²) in [4.78, 5) is 8.98. The topological polar surface area (TPSA) is 19.4 Å². The van der Waals surface area contributed by atoms with E-state index in [0.29, 0.717) is 0 Å². The van der Waals surface area contributed by atoms with Gasteiger partial charge in [0.2, 0.25) is 0 Å². The minimum absolute atomic E-state index is 0. The van der Waals surface area contributed by atoms with Crippen molar-refractivity contribution < 1.29 is 40.2 Å². The van der Waals surface area contributed by atoms with Crippen molar-refractivity contribution in [3.05, 3.63) is 205 Å². The van der Waals surface area contributed by atoms with Gasteiger partial charge in [-0.15, -0.1) is 53.8 Å². The summed E-state index contributed by atoms with van der Waals surface area (Å²) in [7, 11) is 0. The van der Waals surface area contributed by atoms with Crippen LogP contribution in [0, 0.1) is 46.5 Å². The van der Waals surface area contributed by atoms with E-state index in [4.69, 9.17) is 0 Å². The molecule has 284 valence electrons. The predicted octanol–water partition coefficient (Wildman–Crippen LogP) is 13.7. The molecule has 0 saturated heterocycles. The van der Waals surface area contributed by atoms with Crippen LogP contribution in [0.15, 0.2) is 164 Å². The second-order valence-corrected chi connectivity index (χ2v) is 14.2. The van der Waals surface area contributed by atoms with E-state index >= 15 is 0 Å². The molecule has 8 aromatic rings. The maximum absolute atomic E-state index is 4.52. The molecule has 0 N–H and O–H groups in total. The van der Waals surface area contributed by atoms with Crippen LogP contribution < -0.4 is 9.80 Å². The number of aromatic nitrogens is 1. The molecule has 1 aliphatic rings. The van der Waals surface area contributed by atoms with Gasteiger partial charge in [-0.1, -0.05) is 108 Å². The van der Waals surface area contributed by atoms with Crippen molar-refractivity contribution in [3.63, 3.8) is 0 Å².